The number of nitrogens with one attached hydrogen (secondary N) is 1. The first-order valence-electron chi connectivity index (χ1n) is 7.32. The van der Waals surface area contributed by atoms with Gasteiger partial charge in [0.25, 0.3) is 0 Å². The number of rotatable bonds is 4. The molecular weight excluding hydrogens is 238 g/mol. The van der Waals surface area contributed by atoms with Gasteiger partial charge in [-0.2, -0.15) is 0 Å². The molecule has 0 aromatic heterocycles. The van der Waals surface area contributed by atoms with Crippen LogP contribution >= 0.6 is 11.8 Å². The van der Waals surface area contributed by atoms with Crippen LogP contribution in [0.3, 0.4) is 0 Å². The summed E-state index contributed by atoms with van der Waals surface area (Å²) in [6.07, 6.45) is 5.63. The second-order valence-electron chi connectivity index (χ2n) is 5.72. The SMILES string of the molecule is CCNC1CCC(CC2CSc3ccccc32)C1. The van der Waals surface area contributed by atoms with Crippen molar-refractivity contribution in [2.75, 3.05) is 12.3 Å². The Labute approximate surface area is 115 Å². The predicted molar refractivity (Wildman–Crippen MR) is 79.3 cm³/mol. The van der Waals surface area contributed by atoms with E-state index in [1.165, 1.54) is 36.3 Å². The van der Waals surface area contributed by atoms with E-state index in [1.807, 2.05) is 0 Å². The summed E-state index contributed by atoms with van der Waals surface area (Å²) >= 11 is 2.05. The van der Waals surface area contributed by atoms with E-state index in [0.717, 1.165) is 24.4 Å². The van der Waals surface area contributed by atoms with Gasteiger partial charge in [0, 0.05) is 16.7 Å². The summed E-state index contributed by atoms with van der Waals surface area (Å²) in [6.45, 7) is 3.34. The van der Waals surface area contributed by atoms with Gasteiger partial charge in [0.1, 0.15) is 0 Å². The van der Waals surface area contributed by atoms with E-state index in [2.05, 4.69) is 48.3 Å². The summed E-state index contributed by atoms with van der Waals surface area (Å²) in [4.78, 5) is 1.53. The van der Waals surface area contributed by atoms with Gasteiger partial charge in [-0.25, -0.2) is 0 Å². The molecule has 0 radical (unpaired) electrons. The van der Waals surface area contributed by atoms with Gasteiger partial charge < -0.3 is 5.32 Å². The molecule has 98 valence electrons. The molecule has 3 atom stereocenters. The highest BCUT2D eigenvalue weighted by molar-refractivity contribution is 7.99. The molecule has 0 spiro atoms. The lowest BCUT2D eigenvalue weighted by Crippen LogP contribution is -2.25. The minimum atomic E-state index is 0.796. The van der Waals surface area contributed by atoms with E-state index < -0.39 is 0 Å². The maximum atomic E-state index is 3.61. The van der Waals surface area contributed by atoms with Crippen LogP contribution in [0.1, 0.15) is 44.1 Å². The number of benzene rings is 1. The maximum Gasteiger partial charge on any atom is 0.0107 e. The zero-order chi connectivity index (χ0) is 12.4. The van der Waals surface area contributed by atoms with E-state index in [1.54, 1.807) is 5.56 Å². The molecule has 1 heterocycles. The fraction of sp³-hybridized carbons (Fsp3) is 0.625. The Morgan fingerprint density at radius 1 is 1.28 bits per heavy atom. The Hall–Kier alpha value is -0.470. The van der Waals surface area contributed by atoms with Gasteiger partial charge >= 0.3 is 0 Å². The normalized spacial score (nSPS) is 30.6. The predicted octanol–water partition coefficient (Wildman–Crippen LogP) is 4.04. The number of hydrogen-bond donors (Lipinski definition) is 1. The van der Waals surface area contributed by atoms with Crippen molar-refractivity contribution in [3.8, 4) is 0 Å². The molecule has 1 nitrogen and oxygen atoms in total. The highest BCUT2D eigenvalue weighted by Crippen LogP contribution is 2.44. The van der Waals surface area contributed by atoms with Crippen molar-refractivity contribution in [3.63, 3.8) is 0 Å². The van der Waals surface area contributed by atoms with Crippen molar-refractivity contribution in [3.05, 3.63) is 29.8 Å². The van der Waals surface area contributed by atoms with Crippen molar-refractivity contribution in [1.29, 1.82) is 0 Å². The first kappa shape index (κ1) is 12.6. The Morgan fingerprint density at radius 3 is 3.06 bits per heavy atom. The molecule has 3 rings (SSSR count). The van der Waals surface area contributed by atoms with E-state index in [0.29, 0.717) is 0 Å². The average Bonchev–Trinajstić information content (AvgIpc) is 2.99. The Balaban J connectivity index is 1.59. The summed E-state index contributed by atoms with van der Waals surface area (Å²) in [7, 11) is 0. The molecule has 3 unspecified atom stereocenters. The Bertz CT molecular complexity index is 404. The topological polar surface area (TPSA) is 12.0 Å². The third kappa shape index (κ3) is 2.60. The lowest BCUT2D eigenvalue weighted by molar-refractivity contribution is 0.442. The summed E-state index contributed by atoms with van der Waals surface area (Å²) in [6, 6.07) is 9.80. The van der Waals surface area contributed by atoms with Crippen LogP contribution in [0.2, 0.25) is 0 Å². The van der Waals surface area contributed by atoms with Crippen LogP contribution in [-0.4, -0.2) is 18.3 Å². The van der Waals surface area contributed by atoms with Crippen molar-refractivity contribution < 1.29 is 0 Å². The molecular formula is C16H23NS. The molecule has 0 amide bonds. The van der Waals surface area contributed by atoms with Gasteiger partial charge in [-0.1, -0.05) is 25.1 Å². The fourth-order valence-electron chi connectivity index (χ4n) is 3.59. The standard InChI is InChI=1S/C16H23NS/c1-2-17-14-8-7-12(10-14)9-13-11-18-16-6-4-3-5-15(13)16/h3-6,12-14,17H,2,7-11H2,1H3. The highest BCUT2D eigenvalue weighted by atomic mass is 32.2. The van der Waals surface area contributed by atoms with Crippen molar-refractivity contribution in [1.82, 2.24) is 5.32 Å². The lowest BCUT2D eigenvalue weighted by Gasteiger charge is -2.16. The number of thioether (sulfide) groups is 1. The molecule has 1 aromatic carbocycles. The second kappa shape index (κ2) is 5.66. The molecule has 1 aliphatic heterocycles. The van der Waals surface area contributed by atoms with Crippen LogP contribution in [0.15, 0.2) is 29.2 Å². The largest absolute Gasteiger partial charge is 0.314 e. The molecule has 1 aliphatic carbocycles. The molecule has 2 aliphatic rings. The zero-order valence-corrected chi connectivity index (χ0v) is 12.0. The summed E-state index contributed by atoms with van der Waals surface area (Å²) < 4.78 is 0. The van der Waals surface area contributed by atoms with Gasteiger partial charge in [0.05, 0.1) is 0 Å². The molecule has 18 heavy (non-hydrogen) atoms. The van der Waals surface area contributed by atoms with Crippen LogP contribution in [0, 0.1) is 5.92 Å². The minimum Gasteiger partial charge on any atom is -0.314 e. The van der Waals surface area contributed by atoms with Gasteiger partial charge in [0.2, 0.25) is 0 Å². The van der Waals surface area contributed by atoms with Crippen LogP contribution in [0.5, 0.6) is 0 Å². The quantitative estimate of drug-likeness (QED) is 0.877. The first-order valence-corrected chi connectivity index (χ1v) is 8.30. The van der Waals surface area contributed by atoms with E-state index >= 15 is 0 Å². The summed E-state index contributed by atoms with van der Waals surface area (Å²) in [5.41, 5.74) is 1.62. The van der Waals surface area contributed by atoms with Crippen LogP contribution in [0.4, 0.5) is 0 Å². The lowest BCUT2D eigenvalue weighted by atomic mass is 9.89. The Kier molecular flexibility index (Phi) is 3.95. The molecule has 1 saturated carbocycles. The van der Waals surface area contributed by atoms with Crippen molar-refractivity contribution in [2.24, 2.45) is 5.92 Å². The fourth-order valence-corrected chi connectivity index (χ4v) is 4.86. The van der Waals surface area contributed by atoms with E-state index in [9.17, 15) is 0 Å². The summed E-state index contributed by atoms with van der Waals surface area (Å²) in [5, 5.41) is 3.61. The van der Waals surface area contributed by atoms with Crippen LogP contribution in [0.25, 0.3) is 0 Å². The second-order valence-corrected chi connectivity index (χ2v) is 6.78. The zero-order valence-electron chi connectivity index (χ0n) is 11.2. The van der Waals surface area contributed by atoms with Crippen molar-refractivity contribution >= 4 is 11.8 Å². The molecule has 0 saturated heterocycles. The third-order valence-corrected chi connectivity index (χ3v) is 5.70. The highest BCUT2D eigenvalue weighted by Gasteiger charge is 2.30. The average molecular weight is 261 g/mol. The summed E-state index contributed by atoms with van der Waals surface area (Å²) in [5.74, 6) is 3.07. The van der Waals surface area contributed by atoms with E-state index in [4.69, 9.17) is 0 Å². The van der Waals surface area contributed by atoms with Crippen LogP contribution in [-0.2, 0) is 0 Å². The van der Waals surface area contributed by atoms with Crippen molar-refractivity contribution in [2.45, 2.75) is 49.5 Å². The number of fused-ring (bicyclic) bond motifs is 1. The van der Waals surface area contributed by atoms with Gasteiger partial charge in [-0.15, -0.1) is 11.8 Å². The molecule has 2 heteroatoms. The van der Waals surface area contributed by atoms with Crippen LogP contribution < -0.4 is 5.32 Å². The first-order chi connectivity index (χ1) is 8.86. The van der Waals surface area contributed by atoms with Gasteiger partial charge in [0.15, 0.2) is 0 Å². The molecule has 0 bridgehead atoms. The smallest absolute Gasteiger partial charge is 0.0107 e. The molecule has 1 N–H and O–H groups in total. The number of hydrogen-bond acceptors (Lipinski definition) is 2. The molecule has 1 fully saturated rings. The Morgan fingerprint density at radius 2 is 2.17 bits per heavy atom. The maximum absolute atomic E-state index is 3.61. The third-order valence-electron chi connectivity index (χ3n) is 4.45. The minimum absolute atomic E-state index is 0.796. The van der Waals surface area contributed by atoms with Gasteiger partial charge in [-0.3, -0.25) is 0 Å². The monoisotopic (exact) mass is 261 g/mol. The van der Waals surface area contributed by atoms with E-state index in [-0.39, 0.29) is 0 Å². The van der Waals surface area contributed by atoms with Gasteiger partial charge in [-0.05, 0) is 55.7 Å². The molecule has 1 aromatic rings.